The summed E-state index contributed by atoms with van der Waals surface area (Å²) in [6.45, 7) is 1.73. The zero-order valence-corrected chi connectivity index (χ0v) is 5.23. The normalized spacial score (nSPS) is 13.9. The summed E-state index contributed by atoms with van der Waals surface area (Å²) in [7, 11) is 0. The van der Waals surface area contributed by atoms with Gasteiger partial charge in [-0.05, 0) is 26.2 Å². The monoisotopic (exact) mass is 120 g/mol. The Hall–Kier alpha value is -0.110. The Balaban J connectivity index is 2.72. The maximum absolute atomic E-state index is 11.9. The highest BCUT2D eigenvalue weighted by molar-refractivity contribution is 4.46. The van der Waals surface area contributed by atoms with E-state index < -0.39 is 6.17 Å². The quantitative estimate of drug-likeness (QED) is 0.557. The van der Waals surface area contributed by atoms with Gasteiger partial charge in [0.25, 0.3) is 0 Å². The van der Waals surface area contributed by atoms with Crippen LogP contribution >= 0.6 is 0 Å². The summed E-state index contributed by atoms with van der Waals surface area (Å²) in [6.07, 6.45) is 1.41. The van der Waals surface area contributed by atoms with E-state index in [1.54, 1.807) is 0 Å². The minimum atomic E-state index is -0.707. The summed E-state index contributed by atoms with van der Waals surface area (Å²) in [4.78, 5) is 0. The van der Waals surface area contributed by atoms with Gasteiger partial charge in [0, 0.05) is 6.61 Å². The van der Waals surface area contributed by atoms with Gasteiger partial charge in [0.05, 0.1) is 6.17 Å². The molecule has 0 rings (SSSR count). The van der Waals surface area contributed by atoms with Crippen molar-refractivity contribution >= 4 is 0 Å². The number of aliphatic hydroxyl groups excluding tert-OH is 1. The first-order valence-electron chi connectivity index (χ1n) is 3.02. The number of hydrogen-bond acceptors (Lipinski definition) is 1. The maximum Gasteiger partial charge on any atom is 0.0973 e. The molecule has 8 heavy (non-hydrogen) atoms. The smallest absolute Gasteiger partial charge is 0.0973 e. The molecule has 0 aliphatic carbocycles. The van der Waals surface area contributed by atoms with Gasteiger partial charge in [-0.2, -0.15) is 0 Å². The molecule has 0 aromatic rings. The number of unbranched alkanes of at least 4 members (excludes halogenated alkanes) is 1. The Morgan fingerprint density at radius 2 is 2.12 bits per heavy atom. The van der Waals surface area contributed by atoms with Crippen molar-refractivity contribution in [1.29, 1.82) is 0 Å². The Labute approximate surface area is 49.5 Å². The van der Waals surface area contributed by atoms with Crippen molar-refractivity contribution in [2.45, 2.75) is 32.4 Å². The predicted octanol–water partition coefficient (Wildman–Crippen LogP) is 1.51. The number of alkyl halides is 1. The van der Waals surface area contributed by atoms with Crippen molar-refractivity contribution < 1.29 is 9.50 Å². The molecule has 0 saturated carbocycles. The second-order valence-corrected chi connectivity index (χ2v) is 2.00. The molecule has 0 heterocycles. The molecule has 0 bridgehead atoms. The molecular weight excluding hydrogens is 107 g/mol. The average Bonchev–Trinajstić information content (AvgIpc) is 1.66. The number of hydrogen-bond donors (Lipinski definition) is 1. The summed E-state index contributed by atoms with van der Waals surface area (Å²) >= 11 is 0. The Morgan fingerprint density at radius 3 is 2.50 bits per heavy atom. The lowest BCUT2D eigenvalue weighted by atomic mass is 10.2. The molecule has 0 aromatic carbocycles. The van der Waals surface area contributed by atoms with Gasteiger partial charge in [0.15, 0.2) is 0 Å². The van der Waals surface area contributed by atoms with Crippen molar-refractivity contribution in [3.8, 4) is 0 Å². The van der Waals surface area contributed by atoms with Gasteiger partial charge in [-0.15, -0.1) is 0 Å². The third kappa shape index (κ3) is 5.89. The molecule has 0 fully saturated rings. The maximum atomic E-state index is 11.9. The van der Waals surface area contributed by atoms with Gasteiger partial charge in [0.2, 0.25) is 0 Å². The second kappa shape index (κ2) is 5.04. The van der Waals surface area contributed by atoms with E-state index in [-0.39, 0.29) is 6.61 Å². The van der Waals surface area contributed by atoms with Gasteiger partial charge in [-0.25, -0.2) is 4.39 Å². The zero-order chi connectivity index (χ0) is 6.41. The fraction of sp³-hybridized carbons (Fsp3) is 1.00. The summed E-state index contributed by atoms with van der Waals surface area (Å²) in [5.41, 5.74) is 0. The van der Waals surface area contributed by atoms with Crippen molar-refractivity contribution in [3.63, 3.8) is 0 Å². The highest BCUT2D eigenvalue weighted by Gasteiger charge is 1.94. The number of rotatable bonds is 4. The molecule has 0 aromatic heterocycles. The van der Waals surface area contributed by atoms with E-state index in [4.69, 9.17) is 5.11 Å². The highest BCUT2D eigenvalue weighted by Crippen LogP contribution is 2.01. The van der Waals surface area contributed by atoms with E-state index in [9.17, 15) is 4.39 Å². The van der Waals surface area contributed by atoms with Gasteiger partial charge in [-0.1, -0.05) is 0 Å². The lowest BCUT2D eigenvalue weighted by Crippen LogP contribution is -1.92. The standard InChI is InChI=1S/C6H13FO/c1-6(7)4-2-3-5-8/h6,8H,2-5H2,1H3/t6-/m0/s1. The molecule has 50 valence electrons. The van der Waals surface area contributed by atoms with Crippen LogP contribution in [0.2, 0.25) is 0 Å². The van der Waals surface area contributed by atoms with Gasteiger partial charge < -0.3 is 5.11 Å². The third-order valence-electron chi connectivity index (χ3n) is 1.01. The Morgan fingerprint density at radius 1 is 1.50 bits per heavy atom. The number of aliphatic hydroxyl groups is 1. The zero-order valence-electron chi connectivity index (χ0n) is 5.23. The van der Waals surface area contributed by atoms with Crippen LogP contribution in [0.3, 0.4) is 0 Å². The van der Waals surface area contributed by atoms with Crippen molar-refractivity contribution in [2.75, 3.05) is 6.61 Å². The molecule has 0 unspecified atom stereocenters. The summed E-state index contributed by atoms with van der Waals surface area (Å²) < 4.78 is 11.9. The lowest BCUT2D eigenvalue weighted by Gasteiger charge is -1.97. The van der Waals surface area contributed by atoms with Crippen LogP contribution in [0.25, 0.3) is 0 Å². The molecule has 0 spiro atoms. The first-order chi connectivity index (χ1) is 3.77. The van der Waals surface area contributed by atoms with Crippen LogP contribution in [0.1, 0.15) is 26.2 Å². The Kier molecular flexibility index (Phi) is 4.97. The lowest BCUT2D eigenvalue weighted by molar-refractivity contribution is 0.267. The van der Waals surface area contributed by atoms with Gasteiger partial charge >= 0.3 is 0 Å². The minimum Gasteiger partial charge on any atom is -0.396 e. The topological polar surface area (TPSA) is 20.2 Å². The van der Waals surface area contributed by atoms with Gasteiger partial charge in [-0.3, -0.25) is 0 Å². The second-order valence-electron chi connectivity index (χ2n) is 2.00. The van der Waals surface area contributed by atoms with E-state index in [0.29, 0.717) is 6.42 Å². The van der Waals surface area contributed by atoms with Gasteiger partial charge in [0.1, 0.15) is 0 Å². The predicted molar refractivity (Wildman–Crippen MR) is 31.5 cm³/mol. The molecule has 1 nitrogen and oxygen atoms in total. The van der Waals surface area contributed by atoms with E-state index in [0.717, 1.165) is 12.8 Å². The Bertz CT molecular complexity index is 45.8. The van der Waals surface area contributed by atoms with Crippen LogP contribution in [0.15, 0.2) is 0 Å². The third-order valence-corrected chi connectivity index (χ3v) is 1.01. The molecule has 2 heteroatoms. The van der Waals surface area contributed by atoms with E-state index in [1.165, 1.54) is 6.92 Å². The molecule has 0 aliphatic heterocycles. The van der Waals surface area contributed by atoms with Crippen LogP contribution in [0.5, 0.6) is 0 Å². The molecule has 0 aliphatic rings. The SMILES string of the molecule is C[C@H](F)CCCCO. The molecule has 0 saturated heterocycles. The summed E-state index contributed by atoms with van der Waals surface area (Å²) in [5, 5.41) is 8.26. The van der Waals surface area contributed by atoms with Crippen molar-refractivity contribution in [1.82, 2.24) is 0 Å². The highest BCUT2D eigenvalue weighted by atomic mass is 19.1. The van der Waals surface area contributed by atoms with E-state index in [2.05, 4.69) is 0 Å². The fourth-order valence-electron chi connectivity index (χ4n) is 0.537. The van der Waals surface area contributed by atoms with E-state index in [1.807, 2.05) is 0 Å². The minimum absolute atomic E-state index is 0.187. The van der Waals surface area contributed by atoms with Crippen LogP contribution in [-0.4, -0.2) is 17.9 Å². The molecule has 1 N–H and O–H groups in total. The van der Waals surface area contributed by atoms with E-state index >= 15 is 0 Å². The molecule has 0 amide bonds. The van der Waals surface area contributed by atoms with Crippen LogP contribution in [0, 0.1) is 0 Å². The number of halogens is 1. The van der Waals surface area contributed by atoms with Crippen LogP contribution in [0.4, 0.5) is 4.39 Å². The summed E-state index contributed by atoms with van der Waals surface area (Å²) in [6, 6.07) is 0. The van der Waals surface area contributed by atoms with Crippen molar-refractivity contribution in [2.24, 2.45) is 0 Å². The first-order valence-corrected chi connectivity index (χ1v) is 3.02. The van der Waals surface area contributed by atoms with Crippen molar-refractivity contribution in [3.05, 3.63) is 0 Å². The summed E-state index contributed by atoms with van der Waals surface area (Å²) in [5.74, 6) is 0. The molecule has 0 radical (unpaired) electrons. The van der Waals surface area contributed by atoms with Crippen LogP contribution in [-0.2, 0) is 0 Å². The average molecular weight is 120 g/mol. The first kappa shape index (κ1) is 7.89. The fourth-order valence-corrected chi connectivity index (χ4v) is 0.537. The molecular formula is C6H13FO. The largest absolute Gasteiger partial charge is 0.396 e. The van der Waals surface area contributed by atoms with Crippen LogP contribution < -0.4 is 0 Å². The molecule has 1 atom stereocenters.